The summed E-state index contributed by atoms with van der Waals surface area (Å²) >= 11 is 0. The van der Waals surface area contributed by atoms with Gasteiger partial charge in [0.15, 0.2) is 11.9 Å². The molecule has 0 aromatic heterocycles. The maximum Gasteiger partial charge on any atom is 0.196 e. The Labute approximate surface area is 145 Å². The average Bonchev–Trinajstić information content (AvgIpc) is 2.65. The number of hydrogen-bond acceptors (Lipinski definition) is 3. The zero-order chi connectivity index (χ0) is 17.2. The van der Waals surface area contributed by atoms with Crippen molar-refractivity contribution in [1.29, 1.82) is 0 Å². The Hall–Kier alpha value is -3.33. The summed E-state index contributed by atoms with van der Waals surface area (Å²) in [5.74, 6) is 0.698. The number of carbonyl (C=O) groups excluding carboxylic acids is 1. The summed E-state index contributed by atoms with van der Waals surface area (Å²) in [5.41, 5.74) is 2.78. The second-order valence-electron chi connectivity index (χ2n) is 5.93. The number of ketones is 1. The van der Waals surface area contributed by atoms with Crippen molar-refractivity contribution < 1.29 is 14.6 Å². The standard InChI is InChI=1S/C22H16O3/c23-17-10-6-7-15(13-17)14-19-21(24)18-11-4-5-12-20(18)25-22(19)16-8-2-1-3-9-16/h1-14,22-23H. The molecule has 3 heteroatoms. The lowest BCUT2D eigenvalue weighted by Gasteiger charge is -2.28. The summed E-state index contributed by atoms with van der Waals surface area (Å²) in [6.07, 6.45) is 1.31. The molecule has 1 N–H and O–H groups in total. The molecule has 1 aliphatic heterocycles. The van der Waals surface area contributed by atoms with E-state index in [9.17, 15) is 9.90 Å². The van der Waals surface area contributed by atoms with Gasteiger partial charge >= 0.3 is 0 Å². The van der Waals surface area contributed by atoms with Crippen LogP contribution >= 0.6 is 0 Å². The van der Waals surface area contributed by atoms with Crippen LogP contribution < -0.4 is 4.74 Å². The molecule has 122 valence electrons. The highest BCUT2D eigenvalue weighted by molar-refractivity contribution is 6.14. The van der Waals surface area contributed by atoms with Crippen LogP contribution in [0.25, 0.3) is 6.08 Å². The van der Waals surface area contributed by atoms with Crippen LogP contribution in [0.4, 0.5) is 0 Å². The zero-order valence-corrected chi connectivity index (χ0v) is 13.4. The molecule has 0 aliphatic carbocycles. The van der Waals surface area contributed by atoms with Crippen molar-refractivity contribution in [3.63, 3.8) is 0 Å². The first-order valence-electron chi connectivity index (χ1n) is 8.08. The van der Waals surface area contributed by atoms with Crippen LogP contribution in [0.3, 0.4) is 0 Å². The predicted molar refractivity (Wildman–Crippen MR) is 96.7 cm³/mol. The summed E-state index contributed by atoms with van der Waals surface area (Å²) in [7, 11) is 0. The van der Waals surface area contributed by atoms with E-state index >= 15 is 0 Å². The van der Waals surface area contributed by atoms with Crippen LogP contribution in [0.15, 0.2) is 84.4 Å². The number of phenols is 1. The van der Waals surface area contributed by atoms with Crippen LogP contribution in [0.5, 0.6) is 11.5 Å². The number of phenolic OH excluding ortho intramolecular Hbond substituents is 1. The van der Waals surface area contributed by atoms with E-state index in [1.54, 1.807) is 30.3 Å². The molecule has 25 heavy (non-hydrogen) atoms. The molecule has 0 bridgehead atoms. The minimum absolute atomic E-state index is 0.0564. The van der Waals surface area contributed by atoms with Crippen molar-refractivity contribution >= 4 is 11.9 Å². The Kier molecular flexibility index (Phi) is 3.82. The summed E-state index contributed by atoms with van der Waals surface area (Å²) in [5, 5.41) is 9.70. The number of ether oxygens (including phenoxy) is 1. The lowest BCUT2D eigenvalue weighted by molar-refractivity contribution is 0.0963. The Balaban J connectivity index is 1.87. The fraction of sp³-hybridized carbons (Fsp3) is 0.0455. The van der Waals surface area contributed by atoms with Gasteiger partial charge < -0.3 is 9.84 Å². The first-order chi connectivity index (χ1) is 12.2. The van der Waals surface area contributed by atoms with E-state index in [0.29, 0.717) is 16.9 Å². The lowest BCUT2D eigenvalue weighted by Crippen LogP contribution is -2.23. The number of carbonyl (C=O) groups is 1. The van der Waals surface area contributed by atoms with E-state index in [1.165, 1.54) is 0 Å². The van der Waals surface area contributed by atoms with Gasteiger partial charge in [-0.1, -0.05) is 54.6 Å². The highest BCUT2D eigenvalue weighted by Crippen LogP contribution is 2.39. The Bertz CT molecular complexity index is 958. The van der Waals surface area contributed by atoms with Gasteiger partial charge in [0.2, 0.25) is 0 Å². The average molecular weight is 328 g/mol. The number of aromatic hydroxyl groups is 1. The van der Waals surface area contributed by atoms with Gasteiger partial charge in [-0.25, -0.2) is 0 Å². The Morgan fingerprint density at radius 2 is 1.64 bits per heavy atom. The third kappa shape index (κ3) is 2.92. The van der Waals surface area contributed by atoms with Crippen LogP contribution in [-0.4, -0.2) is 10.9 Å². The Morgan fingerprint density at radius 1 is 0.880 bits per heavy atom. The van der Waals surface area contributed by atoms with Crippen molar-refractivity contribution in [1.82, 2.24) is 0 Å². The summed E-state index contributed by atoms with van der Waals surface area (Å²) < 4.78 is 6.15. The van der Waals surface area contributed by atoms with Gasteiger partial charge in [0.25, 0.3) is 0 Å². The second kappa shape index (κ2) is 6.29. The molecule has 0 saturated heterocycles. The number of benzene rings is 3. The number of para-hydroxylation sites is 1. The first kappa shape index (κ1) is 15.2. The molecule has 1 heterocycles. The van der Waals surface area contributed by atoms with Crippen LogP contribution in [0.2, 0.25) is 0 Å². The molecule has 4 rings (SSSR count). The zero-order valence-electron chi connectivity index (χ0n) is 13.4. The fourth-order valence-corrected chi connectivity index (χ4v) is 3.03. The molecule has 0 amide bonds. The van der Waals surface area contributed by atoms with Crippen LogP contribution in [0, 0.1) is 0 Å². The van der Waals surface area contributed by atoms with Gasteiger partial charge in [0, 0.05) is 5.57 Å². The second-order valence-corrected chi connectivity index (χ2v) is 5.93. The van der Waals surface area contributed by atoms with E-state index in [0.717, 1.165) is 11.1 Å². The maximum atomic E-state index is 13.1. The minimum Gasteiger partial charge on any atom is -0.508 e. The van der Waals surface area contributed by atoms with E-state index in [-0.39, 0.29) is 11.5 Å². The van der Waals surface area contributed by atoms with E-state index in [1.807, 2.05) is 54.6 Å². The number of Topliss-reactive ketones (excluding diaryl/α,β-unsaturated/α-hetero) is 1. The van der Waals surface area contributed by atoms with E-state index in [2.05, 4.69) is 0 Å². The monoisotopic (exact) mass is 328 g/mol. The van der Waals surface area contributed by atoms with Gasteiger partial charge in [-0.2, -0.15) is 0 Å². The summed E-state index contributed by atoms with van der Waals surface area (Å²) in [6, 6.07) is 23.8. The molecule has 1 unspecified atom stereocenters. The summed E-state index contributed by atoms with van der Waals surface area (Å²) in [4.78, 5) is 13.1. The van der Waals surface area contributed by atoms with Crippen molar-refractivity contribution in [3.05, 3.63) is 101 Å². The van der Waals surface area contributed by atoms with Gasteiger partial charge in [-0.15, -0.1) is 0 Å². The molecule has 3 aromatic rings. The highest BCUT2D eigenvalue weighted by atomic mass is 16.5. The van der Waals surface area contributed by atoms with Crippen molar-refractivity contribution in [3.8, 4) is 11.5 Å². The largest absolute Gasteiger partial charge is 0.508 e. The fourth-order valence-electron chi connectivity index (χ4n) is 3.03. The Morgan fingerprint density at radius 3 is 2.44 bits per heavy atom. The van der Waals surface area contributed by atoms with E-state index < -0.39 is 6.10 Å². The SMILES string of the molecule is O=C1C(=Cc2cccc(O)c2)C(c2ccccc2)Oc2ccccc21. The van der Waals surface area contributed by atoms with Crippen molar-refractivity contribution in [2.45, 2.75) is 6.10 Å². The quantitative estimate of drug-likeness (QED) is 0.688. The molecule has 1 atom stereocenters. The van der Waals surface area contributed by atoms with Gasteiger partial charge in [-0.3, -0.25) is 4.79 Å². The number of rotatable bonds is 2. The van der Waals surface area contributed by atoms with Gasteiger partial charge in [0.05, 0.1) is 5.56 Å². The first-order valence-corrected chi connectivity index (χ1v) is 8.08. The third-order valence-electron chi connectivity index (χ3n) is 4.22. The minimum atomic E-state index is -0.481. The lowest BCUT2D eigenvalue weighted by atomic mass is 9.89. The smallest absolute Gasteiger partial charge is 0.196 e. The molecule has 0 fully saturated rings. The highest BCUT2D eigenvalue weighted by Gasteiger charge is 2.32. The molecule has 3 aromatic carbocycles. The molecular weight excluding hydrogens is 312 g/mol. The summed E-state index contributed by atoms with van der Waals surface area (Å²) in [6.45, 7) is 0. The molecule has 3 nitrogen and oxygen atoms in total. The third-order valence-corrected chi connectivity index (χ3v) is 4.22. The maximum absolute atomic E-state index is 13.1. The van der Waals surface area contributed by atoms with Crippen molar-refractivity contribution in [2.75, 3.05) is 0 Å². The molecule has 0 radical (unpaired) electrons. The number of fused-ring (bicyclic) bond motifs is 1. The molecule has 1 aliphatic rings. The normalized spacial score (nSPS) is 17.8. The predicted octanol–water partition coefficient (Wildman–Crippen LogP) is 4.79. The van der Waals surface area contributed by atoms with Crippen LogP contribution in [-0.2, 0) is 0 Å². The van der Waals surface area contributed by atoms with E-state index in [4.69, 9.17) is 4.74 Å². The van der Waals surface area contributed by atoms with Crippen molar-refractivity contribution in [2.24, 2.45) is 0 Å². The van der Waals surface area contributed by atoms with Gasteiger partial charge in [0.1, 0.15) is 11.5 Å². The van der Waals surface area contributed by atoms with Gasteiger partial charge in [-0.05, 0) is 41.5 Å². The topological polar surface area (TPSA) is 46.5 Å². The molecular formula is C22H16O3. The number of hydrogen-bond donors (Lipinski definition) is 1. The van der Waals surface area contributed by atoms with Crippen LogP contribution in [0.1, 0.15) is 27.6 Å². The molecule has 0 saturated carbocycles. The molecule has 0 spiro atoms.